The van der Waals surface area contributed by atoms with Gasteiger partial charge in [-0.1, -0.05) is 0 Å². The summed E-state index contributed by atoms with van der Waals surface area (Å²) in [5, 5.41) is 6.77. The van der Waals surface area contributed by atoms with Gasteiger partial charge in [-0.05, 0) is 13.0 Å². The molecule has 1 saturated heterocycles. The van der Waals surface area contributed by atoms with Crippen LogP contribution in [0.25, 0.3) is 22.1 Å². The van der Waals surface area contributed by atoms with E-state index in [2.05, 4.69) is 42.9 Å². The Labute approximate surface area is 104 Å². The SMILES string of the molecule is CC1CNCN1n1cnc2cnc3[nH]ccc3c21. The molecule has 0 amide bonds. The Morgan fingerprint density at radius 2 is 2.33 bits per heavy atom. The van der Waals surface area contributed by atoms with E-state index >= 15 is 0 Å². The first-order chi connectivity index (χ1) is 8.84. The fourth-order valence-corrected chi connectivity index (χ4v) is 2.63. The second-order valence-corrected chi connectivity index (χ2v) is 4.72. The van der Waals surface area contributed by atoms with Gasteiger partial charge in [0.1, 0.15) is 23.0 Å². The molecule has 6 heteroatoms. The molecule has 1 atom stereocenters. The Hall–Kier alpha value is -2.08. The molecule has 1 unspecified atom stereocenters. The highest BCUT2D eigenvalue weighted by Crippen LogP contribution is 2.23. The number of rotatable bonds is 1. The lowest BCUT2D eigenvalue weighted by molar-refractivity contribution is 0.596. The molecule has 0 spiro atoms. The molecule has 0 saturated carbocycles. The van der Waals surface area contributed by atoms with Crippen LogP contribution in [0.5, 0.6) is 0 Å². The third-order valence-corrected chi connectivity index (χ3v) is 3.57. The number of hydrogen-bond donors (Lipinski definition) is 2. The Balaban J connectivity index is 2.02. The van der Waals surface area contributed by atoms with Crippen LogP contribution < -0.4 is 10.3 Å². The quantitative estimate of drug-likeness (QED) is 0.662. The van der Waals surface area contributed by atoms with Crippen molar-refractivity contribution in [1.82, 2.24) is 24.9 Å². The van der Waals surface area contributed by atoms with Gasteiger partial charge in [-0.3, -0.25) is 10.3 Å². The Bertz CT molecular complexity index is 712. The van der Waals surface area contributed by atoms with E-state index in [1.807, 2.05) is 18.7 Å². The summed E-state index contributed by atoms with van der Waals surface area (Å²) in [6, 6.07) is 2.52. The van der Waals surface area contributed by atoms with E-state index in [1.165, 1.54) is 0 Å². The van der Waals surface area contributed by atoms with E-state index in [4.69, 9.17) is 0 Å². The molecule has 1 aliphatic heterocycles. The Morgan fingerprint density at radius 3 is 3.17 bits per heavy atom. The highest BCUT2D eigenvalue weighted by molar-refractivity contribution is 6.01. The molecule has 0 aliphatic carbocycles. The average molecular weight is 242 g/mol. The molecular weight excluding hydrogens is 228 g/mol. The zero-order valence-electron chi connectivity index (χ0n) is 10.1. The van der Waals surface area contributed by atoms with Gasteiger partial charge in [0.15, 0.2) is 0 Å². The maximum Gasteiger partial charge on any atom is 0.139 e. The van der Waals surface area contributed by atoms with E-state index in [1.54, 1.807) is 0 Å². The predicted molar refractivity (Wildman–Crippen MR) is 69.9 cm³/mol. The maximum absolute atomic E-state index is 4.44. The average Bonchev–Trinajstić information content (AvgIpc) is 3.04. The van der Waals surface area contributed by atoms with Gasteiger partial charge in [-0.2, -0.15) is 0 Å². The summed E-state index contributed by atoms with van der Waals surface area (Å²) in [6.07, 6.45) is 5.61. The van der Waals surface area contributed by atoms with Gasteiger partial charge in [0.2, 0.25) is 0 Å². The van der Waals surface area contributed by atoms with Gasteiger partial charge in [-0.15, -0.1) is 0 Å². The Kier molecular flexibility index (Phi) is 1.90. The van der Waals surface area contributed by atoms with Gasteiger partial charge in [-0.25, -0.2) is 14.6 Å². The van der Waals surface area contributed by atoms with Gasteiger partial charge >= 0.3 is 0 Å². The van der Waals surface area contributed by atoms with Crippen molar-refractivity contribution in [3.63, 3.8) is 0 Å². The molecule has 0 bridgehead atoms. The molecule has 18 heavy (non-hydrogen) atoms. The van der Waals surface area contributed by atoms with Crippen LogP contribution in [-0.2, 0) is 0 Å². The molecule has 3 aromatic rings. The lowest BCUT2D eigenvalue weighted by Gasteiger charge is -2.24. The van der Waals surface area contributed by atoms with Gasteiger partial charge in [0.05, 0.1) is 18.9 Å². The number of nitrogens with one attached hydrogen (secondary N) is 2. The van der Waals surface area contributed by atoms with Gasteiger partial charge < -0.3 is 4.98 Å². The highest BCUT2D eigenvalue weighted by atomic mass is 15.6. The number of aromatic nitrogens is 4. The zero-order valence-corrected chi connectivity index (χ0v) is 10.1. The molecule has 3 aromatic heterocycles. The zero-order chi connectivity index (χ0) is 12.1. The molecule has 0 aromatic carbocycles. The fraction of sp³-hybridized carbons (Fsp3) is 0.333. The summed E-state index contributed by atoms with van der Waals surface area (Å²) in [5.74, 6) is 0. The molecule has 6 nitrogen and oxygen atoms in total. The summed E-state index contributed by atoms with van der Waals surface area (Å²) in [6.45, 7) is 4.06. The van der Waals surface area contributed by atoms with Crippen LogP contribution >= 0.6 is 0 Å². The van der Waals surface area contributed by atoms with Crippen LogP contribution in [-0.4, -0.2) is 38.9 Å². The topological polar surface area (TPSA) is 61.8 Å². The first kappa shape index (κ1) is 9.90. The molecule has 4 rings (SSSR count). The Morgan fingerprint density at radius 1 is 1.39 bits per heavy atom. The lowest BCUT2D eigenvalue weighted by Crippen LogP contribution is -2.38. The predicted octanol–water partition coefficient (Wildman–Crippen LogP) is 0.800. The number of nitrogens with zero attached hydrogens (tertiary/aromatic N) is 4. The fourth-order valence-electron chi connectivity index (χ4n) is 2.63. The van der Waals surface area contributed by atoms with Crippen LogP contribution in [0.15, 0.2) is 24.8 Å². The monoisotopic (exact) mass is 242 g/mol. The summed E-state index contributed by atoms with van der Waals surface area (Å²) < 4.78 is 2.14. The minimum absolute atomic E-state index is 0.463. The number of fused-ring (bicyclic) bond motifs is 3. The number of imidazole rings is 1. The molecule has 92 valence electrons. The number of aromatic amines is 1. The van der Waals surface area contributed by atoms with E-state index < -0.39 is 0 Å². The molecular formula is C12H14N6. The van der Waals surface area contributed by atoms with Crippen LogP contribution in [0.1, 0.15) is 6.92 Å². The smallest absolute Gasteiger partial charge is 0.139 e. The second kappa shape index (κ2) is 3.46. The highest BCUT2D eigenvalue weighted by Gasteiger charge is 2.22. The van der Waals surface area contributed by atoms with Crippen molar-refractivity contribution in [2.45, 2.75) is 13.0 Å². The third kappa shape index (κ3) is 1.20. The van der Waals surface area contributed by atoms with E-state index in [-0.39, 0.29) is 0 Å². The number of H-pyrrole nitrogens is 1. The molecule has 4 heterocycles. The van der Waals surface area contributed by atoms with Crippen molar-refractivity contribution in [2.75, 3.05) is 18.2 Å². The molecule has 0 radical (unpaired) electrons. The first-order valence-electron chi connectivity index (χ1n) is 6.11. The van der Waals surface area contributed by atoms with Crippen LogP contribution in [0.3, 0.4) is 0 Å². The third-order valence-electron chi connectivity index (χ3n) is 3.57. The summed E-state index contributed by atoms with van der Waals surface area (Å²) in [5.41, 5.74) is 2.96. The molecule has 2 N–H and O–H groups in total. The van der Waals surface area contributed by atoms with Crippen molar-refractivity contribution >= 4 is 22.1 Å². The van der Waals surface area contributed by atoms with E-state index in [9.17, 15) is 0 Å². The van der Waals surface area contributed by atoms with E-state index in [0.717, 1.165) is 35.3 Å². The summed E-state index contributed by atoms with van der Waals surface area (Å²) in [7, 11) is 0. The van der Waals surface area contributed by atoms with Crippen LogP contribution in [0, 0.1) is 0 Å². The van der Waals surface area contributed by atoms with Crippen LogP contribution in [0.2, 0.25) is 0 Å². The van der Waals surface area contributed by atoms with Crippen LogP contribution in [0.4, 0.5) is 0 Å². The van der Waals surface area contributed by atoms with Crippen molar-refractivity contribution in [2.24, 2.45) is 0 Å². The standard InChI is InChI=1S/C12H14N6/c1-8-4-13-6-17(8)18-7-16-10-5-15-12-9(11(10)18)2-3-14-12/h2-3,5,7-8,13H,4,6H2,1H3,(H,14,15). The van der Waals surface area contributed by atoms with Crippen molar-refractivity contribution in [3.05, 3.63) is 24.8 Å². The van der Waals surface area contributed by atoms with E-state index in [0.29, 0.717) is 6.04 Å². The number of pyridine rings is 1. The normalized spacial score (nSPS) is 20.3. The minimum Gasteiger partial charge on any atom is -0.346 e. The van der Waals surface area contributed by atoms with Crippen molar-refractivity contribution < 1.29 is 0 Å². The largest absolute Gasteiger partial charge is 0.346 e. The molecule has 1 fully saturated rings. The van der Waals surface area contributed by atoms with Gasteiger partial charge in [0, 0.05) is 18.1 Å². The first-order valence-corrected chi connectivity index (χ1v) is 6.11. The van der Waals surface area contributed by atoms with Gasteiger partial charge in [0.25, 0.3) is 0 Å². The van der Waals surface area contributed by atoms with Crippen molar-refractivity contribution in [3.8, 4) is 0 Å². The maximum atomic E-state index is 4.44. The molecule has 1 aliphatic rings. The summed E-state index contributed by atoms with van der Waals surface area (Å²) in [4.78, 5) is 12.0. The second-order valence-electron chi connectivity index (χ2n) is 4.72. The van der Waals surface area contributed by atoms with Crippen molar-refractivity contribution in [1.29, 1.82) is 0 Å². The number of hydrogen-bond acceptors (Lipinski definition) is 4. The lowest BCUT2D eigenvalue weighted by atomic mass is 10.3. The summed E-state index contributed by atoms with van der Waals surface area (Å²) >= 11 is 0. The minimum atomic E-state index is 0.463.